The summed E-state index contributed by atoms with van der Waals surface area (Å²) in [7, 11) is 0.692. The van der Waals surface area contributed by atoms with Gasteiger partial charge in [-0.25, -0.2) is 8.42 Å². The highest BCUT2D eigenvalue weighted by atomic mass is 32.2. The van der Waals surface area contributed by atoms with Crippen LogP contribution >= 0.6 is 0 Å². The third-order valence-corrected chi connectivity index (χ3v) is 5.87. The third kappa shape index (κ3) is 4.52. The van der Waals surface area contributed by atoms with Crippen LogP contribution in [0.1, 0.15) is 21.8 Å². The Morgan fingerprint density at radius 2 is 1.70 bits per heavy atom. The zero-order valence-corrected chi connectivity index (χ0v) is 16.6. The lowest BCUT2D eigenvalue weighted by molar-refractivity contribution is -0.116. The highest BCUT2D eigenvalue weighted by Gasteiger charge is 2.29. The maximum Gasteiger partial charge on any atom is 0.253 e. The van der Waals surface area contributed by atoms with Crippen LogP contribution in [-0.4, -0.2) is 62.3 Å². The van der Waals surface area contributed by atoms with E-state index in [1.165, 1.54) is 25.8 Å². The highest BCUT2D eigenvalue weighted by molar-refractivity contribution is 7.89. The first-order valence-electron chi connectivity index (χ1n) is 8.04. The molecule has 0 fully saturated rings. The molecule has 1 aromatic heterocycles. The number of amides is 2. The lowest BCUT2D eigenvalue weighted by Crippen LogP contribution is -2.35. The molecule has 0 aliphatic heterocycles. The van der Waals surface area contributed by atoms with Crippen LogP contribution in [0.5, 0.6) is 0 Å². The molecule has 0 saturated carbocycles. The quantitative estimate of drug-likeness (QED) is 0.789. The third-order valence-electron chi connectivity index (χ3n) is 3.82. The number of hydrogen-bond donors (Lipinski definition) is 1. The van der Waals surface area contributed by atoms with Gasteiger partial charge >= 0.3 is 0 Å². The Balaban J connectivity index is 2.06. The summed E-state index contributed by atoms with van der Waals surface area (Å²) in [4.78, 5) is 25.5. The number of aryl methyl sites for hydroxylation is 2. The maximum absolute atomic E-state index is 12.6. The molecule has 2 amide bonds. The molecule has 2 rings (SSSR count). The molecule has 9 nitrogen and oxygen atoms in total. The van der Waals surface area contributed by atoms with Crippen molar-refractivity contribution in [1.29, 1.82) is 0 Å². The number of benzene rings is 1. The monoisotopic (exact) mass is 394 g/mol. The summed E-state index contributed by atoms with van der Waals surface area (Å²) in [5.74, 6) is -0.501. The predicted molar refractivity (Wildman–Crippen MR) is 98.9 cm³/mol. The van der Waals surface area contributed by atoms with Gasteiger partial charge in [-0.05, 0) is 38.1 Å². The van der Waals surface area contributed by atoms with Gasteiger partial charge in [-0.3, -0.25) is 9.59 Å². The van der Waals surface area contributed by atoms with E-state index in [0.717, 1.165) is 4.31 Å². The van der Waals surface area contributed by atoms with Gasteiger partial charge < -0.3 is 14.7 Å². The minimum absolute atomic E-state index is 0.0376. The van der Waals surface area contributed by atoms with Gasteiger partial charge in [0.05, 0.1) is 6.54 Å². The second-order valence-electron chi connectivity index (χ2n) is 6.24. The molecule has 1 aromatic carbocycles. The van der Waals surface area contributed by atoms with E-state index in [1.54, 1.807) is 38.4 Å². The van der Waals surface area contributed by atoms with Crippen molar-refractivity contribution in [3.8, 4) is 0 Å². The van der Waals surface area contributed by atoms with Gasteiger partial charge in [0.2, 0.25) is 15.9 Å². The van der Waals surface area contributed by atoms with Crippen molar-refractivity contribution in [3.63, 3.8) is 0 Å². The summed E-state index contributed by atoms with van der Waals surface area (Å²) in [5, 5.41) is 6.24. The van der Waals surface area contributed by atoms with Crippen molar-refractivity contribution >= 4 is 27.5 Å². The Hall–Kier alpha value is -2.72. The number of nitrogens with zero attached hydrogens (tertiary/aromatic N) is 3. The topological polar surface area (TPSA) is 113 Å². The number of aromatic nitrogens is 1. The van der Waals surface area contributed by atoms with Crippen LogP contribution < -0.4 is 5.32 Å². The van der Waals surface area contributed by atoms with Gasteiger partial charge in [0, 0.05) is 32.4 Å². The lowest BCUT2D eigenvalue weighted by atomic mass is 10.2. The van der Waals surface area contributed by atoms with Gasteiger partial charge in [0.1, 0.15) is 10.6 Å². The minimum atomic E-state index is -3.91. The molecule has 0 bridgehead atoms. The molecular weight excluding hydrogens is 372 g/mol. The summed E-state index contributed by atoms with van der Waals surface area (Å²) in [6.07, 6.45) is 0. The first-order valence-corrected chi connectivity index (χ1v) is 9.49. The van der Waals surface area contributed by atoms with Crippen molar-refractivity contribution in [1.82, 2.24) is 14.4 Å². The number of carbonyl (C=O) groups is 2. The van der Waals surface area contributed by atoms with Gasteiger partial charge in [0.15, 0.2) is 5.76 Å². The Labute approximate surface area is 158 Å². The summed E-state index contributed by atoms with van der Waals surface area (Å²) in [5.41, 5.74) is 1.18. The highest BCUT2D eigenvalue weighted by Crippen LogP contribution is 2.22. The number of carbonyl (C=O) groups excluding carboxylic acids is 2. The Bertz CT molecular complexity index is 929. The van der Waals surface area contributed by atoms with E-state index in [1.807, 2.05) is 0 Å². The molecule has 27 heavy (non-hydrogen) atoms. The second kappa shape index (κ2) is 7.89. The number of sulfonamides is 1. The number of hydrogen-bond acceptors (Lipinski definition) is 6. The average molecular weight is 394 g/mol. The standard InChI is InChI=1S/C17H22N4O5S/c1-11-16(12(2)26-19-11)27(24,25)21(5)10-15(22)18-14-8-6-13(7-9-14)17(23)20(3)4/h6-9H,10H2,1-5H3,(H,18,22). The molecule has 0 atom stereocenters. The molecule has 0 aliphatic carbocycles. The van der Waals surface area contributed by atoms with Crippen LogP contribution in [0.4, 0.5) is 5.69 Å². The van der Waals surface area contributed by atoms with E-state index >= 15 is 0 Å². The van der Waals surface area contributed by atoms with Gasteiger partial charge in [-0.15, -0.1) is 0 Å². The molecule has 0 saturated heterocycles. The van der Waals surface area contributed by atoms with E-state index in [2.05, 4.69) is 10.5 Å². The molecule has 10 heteroatoms. The second-order valence-corrected chi connectivity index (χ2v) is 8.22. The van der Waals surface area contributed by atoms with Crippen LogP contribution in [0.2, 0.25) is 0 Å². The molecule has 1 N–H and O–H groups in total. The van der Waals surface area contributed by atoms with Crippen LogP contribution in [0.15, 0.2) is 33.7 Å². The molecule has 0 spiro atoms. The van der Waals surface area contributed by atoms with E-state index in [4.69, 9.17) is 4.52 Å². The predicted octanol–water partition coefficient (Wildman–Crippen LogP) is 1.25. The Kier molecular flexibility index (Phi) is 6.01. The molecule has 2 aromatic rings. The van der Waals surface area contributed by atoms with Gasteiger partial charge in [0.25, 0.3) is 5.91 Å². The van der Waals surface area contributed by atoms with E-state index in [9.17, 15) is 18.0 Å². The minimum Gasteiger partial charge on any atom is -0.360 e. The first-order chi connectivity index (χ1) is 12.5. The number of nitrogens with one attached hydrogen (secondary N) is 1. The molecule has 0 unspecified atom stereocenters. The molecule has 146 valence electrons. The van der Waals surface area contributed by atoms with E-state index in [-0.39, 0.29) is 28.8 Å². The number of rotatable bonds is 6. The van der Waals surface area contributed by atoms with Crippen molar-refractivity contribution in [2.75, 3.05) is 33.0 Å². The van der Waals surface area contributed by atoms with Crippen molar-refractivity contribution < 1.29 is 22.5 Å². The molecule has 1 heterocycles. The fourth-order valence-corrected chi connectivity index (χ4v) is 3.85. The smallest absolute Gasteiger partial charge is 0.253 e. The molecule has 0 aliphatic rings. The van der Waals surface area contributed by atoms with E-state index < -0.39 is 15.9 Å². The molecule has 0 radical (unpaired) electrons. The molecular formula is C17H22N4O5S. The van der Waals surface area contributed by atoms with Gasteiger partial charge in [-0.1, -0.05) is 5.16 Å². The Morgan fingerprint density at radius 1 is 1.11 bits per heavy atom. The van der Waals surface area contributed by atoms with E-state index in [0.29, 0.717) is 11.3 Å². The zero-order valence-electron chi connectivity index (χ0n) is 15.8. The SMILES string of the molecule is Cc1noc(C)c1S(=O)(=O)N(C)CC(=O)Nc1ccc(C(=O)N(C)C)cc1. The Morgan fingerprint density at radius 3 is 2.19 bits per heavy atom. The van der Waals surface area contributed by atoms with Crippen LogP contribution in [0, 0.1) is 13.8 Å². The maximum atomic E-state index is 12.6. The van der Waals surface area contributed by atoms with Crippen LogP contribution in [0.3, 0.4) is 0 Å². The number of likely N-dealkylation sites (N-methyl/N-ethyl adjacent to an activating group) is 1. The fraction of sp³-hybridized carbons (Fsp3) is 0.353. The average Bonchev–Trinajstić information content (AvgIpc) is 2.93. The van der Waals surface area contributed by atoms with Crippen molar-refractivity contribution in [2.24, 2.45) is 0 Å². The summed E-state index contributed by atoms with van der Waals surface area (Å²) >= 11 is 0. The lowest BCUT2D eigenvalue weighted by Gasteiger charge is -2.16. The summed E-state index contributed by atoms with van der Waals surface area (Å²) in [6, 6.07) is 6.33. The normalized spacial score (nSPS) is 11.5. The van der Waals surface area contributed by atoms with Crippen molar-refractivity contribution in [3.05, 3.63) is 41.3 Å². The summed E-state index contributed by atoms with van der Waals surface area (Å²) < 4.78 is 31.0. The fourth-order valence-electron chi connectivity index (χ4n) is 2.44. The number of anilines is 1. The van der Waals surface area contributed by atoms with Crippen molar-refractivity contribution in [2.45, 2.75) is 18.7 Å². The first kappa shape index (κ1) is 20.6. The van der Waals surface area contributed by atoms with Crippen LogP contribution in [0.25, 0.3) is 0 Å². The van der Waals surface area contributed by atoms with Gasteiger partial charge in [-0.2, -0.15) is 4.31 Å². The zero-order chi connectivity index (χ0) is 20.4. The summed E-state index contributed by atoms with van der Waals surface area (Å²) in [6.45, 7) is 2.63. The largest absolute Gasteiger partial charge is 0.360 e. The van der Waals surface area contributed by atoms with Crippen LogP contribution in [-0.2, 0) is 14.8 Å².